The Balaban J connectivity index is 1.53. The Morgan fingerprint density at radius 2 is 1.97 bits per heavy atom. The van der Waals surface area contributed by atoms with Crippen molar-refractivity contribution in [2.45, 2.75) is 26.2 Å². The maximum atomic E-state index is 13.1. The number of aromatic nitrogens is 5. The molecule has 4 rings (SSSR count). The van der Waals surface area contributed by atoms with Gasteiger partial charge in [0.2, 0.25) is 5.88 Å². The highest BCUT2D eigenvalue weighted by Crippen LogP contribution is 2.31. The Morgan fingerprint density at radius 3 is 2.67 bits per heavy atom. The van der Waals surface area contributed by atoms with E-state index in [0.717, 1.165) is 16.4 Å². The Morgan fingerprint density at radius 1 is 1.15 bits per heavy atom. The summed E-state index contributed by atoms with van der Waals surface area (Å²) in [7, 11) is 1.81. The zero-order chi connectivity index (χ0) is 23.6. The van der Waals surface area contributed by atoms with E-state index in [2.05, 4.69) is 25.7 Å². The molecule has 172 valence electrons. The minimum atomic E-state index is -4.57. The molecule has 3 heterocycles. The van der Waals surface area contributed by atoms with Crippen LogP contribution in [0.5, 0.6) is 11.6 Å². The number of nitrogens with zero attached hydrogens (tertiary/aromatic N) is 5. The van der Waals surface area contributed by atoms with E-state index in [4.69, 9.17) is 4.74 Å². The molecule has 0 spiro atoms. The lowest BCUT2D eigenvalue weighted by Crippen LogP contribution is -2.18. The molecule has 4 aromatic rings. The second kappa shape index (κ2) is 8.90. The van der Waals surface area contributed by atoms with Crippen molar-refractivity contribution >= 4 is 22.8 Å². The molecule has 12 heteroatoms. The Kier molecular flexibility index (Phi) is 6.01. The van der Waals surface area contributed by atoms with Crippen molar-refractivity contribution < 1.29 is 22.7 Å². The number of anilines is 1. The van der Waals surface area contributed by atoms with Gasteiger partial charge in [-0.3, -0.25) is 14.6 Å². The number of alkyl halides is 3. The first kappa shape index (κ1) is 22.3. The van der Waals surface area contributed by atoms with Crippen LogP contribution in [0.2, 0.25) is 0 Å². The maximum Gasteiger partial charge on any atom is 0.433 e. The quantitative estimate of drug-likeness (QED) is 0.447. The molecule has 0 atom stereocenters. The van der Waals surface area contributed by atoms with Crippen molar-refractivity contribution in [3.8, 4) is 11.6 Å². The van der Waals surface area contributed by atoms with Crippen LogP contribution in [0, 0.1) is 0 Å². The standard InChI is InChI=1S/C21H20F3N7O2/c1-3-31-17(21(22,23)24)10-18(29-31)28-20(32)30-7-6-13-8-15(4-5-16(13)30)33-19-9-14(11-25-2)26-12-27-19/h4-10,12,25H,3,11H2,1-2H3,(H,28,29,32). The Bertz CT molecular complexity index is 1300. The van der Waals surface area contributed by atoms with E-state index < -0.39 is 17.9 Å². The lowest BCUT2D eigenvalue weighted by Gasteiger charge is -2.08. The lowest BCUT2D eigenvalue weighted by molar-refractivity contribution is -0.144. The van der Waals surface area contributed by atoms with Crippen LogP contribution in [0.1, 0.15) is 18.3 Å². The monoisotopic (exact) mass is 459 g/mol. The molecule has 0 aliphatic rings. The highest BCUT2D eigenvalue weighted by Gasteiger charge is 2.35. The fraction of sp³-hybridized carbons (Fsp3) is 0.238. The highest BCUT2D eigenvalue weighted by atomic mass is 19.4. The number of carbonyl (C=O) groups excluding carboxylic acids is 1. The van der Waals surface area contributed by atoms with Gasteiger partial charge >= 0.3 is 12.2 Å². The van der Waals surface area contributed by atoms with Crippen LogP contribution in [-0.4, -0.2) is 37.4 Å². The first-order valence-corrected chi connectivity index (χ1v) is 9.99. The summed E-state index contributed by atoms with van der Waals surface area (Å²) in [5.74, 6) is 0.696. The van der Waals surface area contributed by atoms with Gasteiger partial charge in [0.15, 0.2) is 5.82 Å². The molecule has 1 aromatic carbocycles. The van der Waals surface area contributed by atoms with Gasteiger partial charge in [-0.15, -0.1) is 0 Å². The number of fused-ring (bicyclic) bond motifs is 1. The van der Waals surface area contributed by atoms with E-state index in [1.54, 1.807) is 30.3 Å². The van der Waals surface area contributed by atoms with E-state index in [1.165, 1.54) is 24.0 Å². The predicted octanol–water partition coefficient (Wildman–Crippen LogP) is 4.26. The molecule has 0 bridgehead atoms. The van der Waals surface area contributed by atoms with Crippen molar-refractivity contribution in [1.29, 1.82) is 0 Å². The number of hydrogen-bond donors (Lipinski definition) is 2. The third kappa shape index (κ3) is 4.80. The smallest absolute Gasteiger partial charge is 0.433 e. The summed E-state index contributed by atoms with van der Waals surface area (Å²) in [5.41, 5.74) is 0.386. The van der Waals surface area contributed by atoms with Crippen LogP contribution in [0.25, 0.3) is 10.9 Å². The minimum absolute atomic E-state index is 0.0166. The lowest BCUT2D eigenvalue weighted by atomic mass is 10.2. The number of benzene rings is 1. The number of hydrogen-bond acceptors (Lipinski definition) is 6. The van der Waals surface area contributed by atoms with Crippen LogP contribution >= 0.6 is 0 Å². The minimum Gasteiger partial charge on any atom is -0.439 e. The van der Waals surface area contributed by atoms with Crippen LogP contribution in [0.15, 0.2) is 48.9 Å². The molecule has 3 aromatic heterocycles. The van der Waals surface area contributed by atoms with Crippen LogP contribution in [-0.2, 0) is 19.3 Å². The number of ether oxygens (including phenoxy) is 1. The van der Waals surface area contributed by atoms with Gasteiger partial charge in [0, 0.05) is 36.8 Å². The zero-order valence-corrected chi connectivity index (χ0v) is 17.7. The summed E-state index contributed by atoms with van der Waals surface area (Å²) >= 11 is 0. The number of nitrogens with one attached hydrogen (secondary N) is 2. The van der Waals surface area contributed by atoms with E-state index in [9.17, 15) is 18.0 Å². The van der Waals surface area contributed by atoms with Gasteiger partial charge in [0.05, 0.1) is 11.2 Å². The number of rotatable bonds is 6. The van der Waals surface area contributed by atoms with Crippen molar-refractivity contribution in [3.05, 3.63) is 60.3 Å². The largest absolute Gasteiger partial charge is 0.439 e. The number of aryl methyl sites for hydroxylation is 1. The van der Waals surface area contributed by atoms with Crippen molar-refractivity contribution in [2.75, 3.05) is 12.4 Å². The Labute approximate surface area is 186 Å². The molecular formula is C21H20F3N7O2. The van der Waals surface area contributed by atoms with Gasteiger partial charge < -0.3 is 10.1 Å². The fourth-order valence-corrected chi connectivity index (χ4v) is 3.31. The molecule has 0 saturated heterocycles. The van der Waals surface area contributed by atoms with Crippen molar-refractivity contribution in [2.24, 2.45) is 0 Å². The SMILES string of the molecule is CCn1nc(NC(=O)n2ccc3cc(Oc4cc(CNC)ncn4)ccc32)cc1C(F)(F)F. The average Bonchev–Trinajstić information content (AvgIpc) is 3.38. The third-order valence-electron chi connectivity index (χ3n) is 4.76. The van der Waals surface area contributed by atoms with E-state index in [-0.39, 0.29) is 12.4 Å². The number of amides is 1. The normalized spacial score (nSPS) is 11.7. The maximum absolute atomic E-state index is 13.1. The topological polar surface area (TPSA) is 98.9 Å². The third-order valence-corrected chi connectivity index (χ3v) is 4.76. The van der Waals surface area contributed by atoms with E-state index >= 15 is 0 Å². The molecule has 1 amide bonds. The van der Waals surface area contributed by atoms with E-state index in [0.29, 0.717) is 29.1 Å². The predicted molar refractivity (Wildman–Crippen MR) is 114 cm³/mol. The van der Waals surface area contributed by atoms with Crippen molar-refractivity contribution in [1.82, 2.24) is 29.6 Å². The van der Waals surface area contributed by atoms with Crippen LogP contribution in [0.3, 0.4) is 0 Å². The molecule has 0 saturated carbocycles. The van der Waals surface area contributed by atoms with Gasteiger partial charge in [0.25, 0.3) is 0 Å². The number of carbonyl (C=O) groups is 1. The Hall–Kier alpha value is -3.93. The molecule has 0 aliphatic heterocycles. The summed E-state index contributed by atoms with van der Waals surface area (Å²) in [5, 5.41) is 9.93. The molecule has 0 unspecified atom stereocenters. The highest BCUT2D eigenvalue weighted by molar-refractivity contribution is 5.98. The first-order valence-electron chi connectivity index (χ1n) is 9.99. The summed E-state index contributed by atoms with van der Waals surface area (Å²) in [6.07, 6.45) is -1.65. The molecule has 33 heavy (non-hydrogen) atoms. The first-order chi connectivity index (χ1) is 15.8. The van der Waals surface area contributed by atoms with Gasteiger partial charge in [-0.25, -0.2) is 14.8 Å². The van der Waals surface area contributed by atoms with Crippen LogP contribution in [0.4, 0.5) is 23.8 Å². The van der Waals surface area contributed by atoms with Gasteiger partial charge in [-0.05, 0) is 38.2 Å². The molecule has 0 aliphatic carbocycles. The summed E-state index contributed by atoms with van der Waals surface area (Å²) in [6.45, 7) is 2.12. The number of halogens is 3. The van der Waals surface area contributed by atoms with Gasteiger partial charge in [-0.2, -0.15) is 18.3 Å². The molecule has 2 N–H and O–H groups in total. The molecule has 9 nitrogen and oxygen atoms in total. The second-order valence-corrected chi connectivity index (χ2v) is 7.04. The summed E-state index contributed by atoms with van der Waals surface area (Å²) < 4.78 is 47.2. The summed E-state index contributed by atoms with van der Waals surface area (Å²) in [4.78, 5) is 20.9. The second-order valence-electron chi connectivity index (χ2n) is 7.04. The van der Waals surface area contributed by atoms with E-state index in [1.807, 2.05) is 7.05 Å². The summed E-state index contributed by atoms with van der Waals surface area (Å²) in [6, 6.07) is 8.64. The average molecular weight is 459 g/mol. The molecule has 0 radical (unpaired) electrons. The fourth-order valence-electron chi connectivity index (χ4n) is 3.31. The van der Waals surface area contributed by atoms with Gasteiger partial charge in [-0.1, -0.05) is 0 Å². The molecule has 0 fully saturated rings. The van der Waals surface area contributed by atoms with Crippen molar-refractivity contribution in [3.63, 3.8) is 0 Å². The molecular weight excluding hydrogens is 439 g/mol. The van der Waals surface area contributed by atoms with Crippen LogP contribution < -0.4 is 15.4 Å². The zero-order valence-electron chi connectivity index (χ0n) is 17.7. The van der Waals surface area contributed by atoms with Gasteiger partial charge in [0.1, 0.15) is 17.8 Å².